The first-order valence-corrected chi connectivity index (χ1v) is 7.61. The van der Waals surface area contributed by atoms with Crippen molar-refractivity contribution in [3.63, 3.8) is 0 Å². The first-order valence-electron chi connectivity index (χ1n) is 7.24. The van der Waals surface area contributed by atoms with Crippen LogP contribution in [0.2, 0.25) is 5.02 Å². The molecule has 0 aliphatic heterocycles. The van der Waals surface area contributed by atoms with E-state index in [1.165, 1.54) is 0 Å². The van der Waals surface area contributed by atoms with Gasteiger partial charge < -0.3 is 19.9 Å². The second-order valence-electron chi connectivity index (χ2n) is 5.98. The second-order valence-corrected chi connectivity index (χ2v) is 6.42. The zero-order valence-corrected chi connectivity index (χ0v) is 14.0. The molecule has 0 spiro atoms. The van der Waals surface area contributed by atoms with E-state index < -0.39 is 6.10 Å². The van der Waals surface area contributed by atoms with E-state index in [1.807, 2.05) is 19.1 Å². The van der Waals surface area contributed by atoms with Gasteiger partial charge in [0.15, 0.2) is 0 Å². The van der Waals surface area contributed by atoms with Crippen LogP contribution in [0.25, 0.3) is 0 Å². The molecular formula is C16H26ClNO3. The minimum absolute atomic E-state index is 0.00800. The SMILES string of the molecule is CCOCC(O)COc1ccc(Cl)cc1CNC(C)(C)C. The van der Waals surface area contributed by atoms with Gasteiger partial charge in [0, 0.05) is 29.3 Å². The Morgan fingerprint density at radius 2 is 2.00 bits per heavy atom. The van der Waals surface area contributed by atoms with Crippen molar-refractivity contribution >= 4 is 11.6 Å². The van der Waals surface area contributed by atoms with E-state index >= 15 is 0 Å². The number of hydrogen-bond donors (Lipinski definition) is 2. The Morgan fingerprint density at radius 3 is 2.62 bits per heavy atom. The molecule has 0 fully saturated rings. The van der Waals surface area contributed by atoms with E-state index in [-0.39, 0.29) is 18.8 Å². The minimum Gasteiger partial charge on any atom is -0.490 e. The minimum atomic E-state index is -0.635. The molecule has 0 saturated carbocycles. The van der Waals surface area contributed by atoms with Gasteiger partial charge in [0.2, 0.25) is 0 Å². The maximum atomic E-state index is 9.75. The first kappa shape index (κ1) is 18.2. The summed E-state index contributed by atoms with van der Waals surface area (Å²) in [5.41, 5.74) is 0.981. The van der Waals surface area contributed by atoms with Crippen molar-refractivity contribution in [1.29, 1.82) is 0 Å². The molecule has 1 unspecified atom stereocenters. The molecule has 1 aromatic carbocycles. The summed E-state index contributed by atoms with van der Waals surface area (Å²) in [7, 11) is 0. The lowest BCUT2D eigenvalue weighted by molar-refractivity contribution is 0.0162. The standard InChI is InChI=1S/C16H26ClNO3/c1-5-20-10-14(19)11-21-15-7-6-13(17)8-12(15)9-18-16(2,3)4/h6-8,14,18-19H,5,9-11H2,1-4H3. The molecule has 0 amide bonds. The smallest absolute Gasteiger partial charge is 0.124 e. The highest BCUT2D eigenvalue weighted by Gasteiger charge is 2.13. The van der Waals surface area contributed by atoms with Crippen molar-refractivity contribution in [2.75, 3.05) is 19.8 Å². The van der Waals surface area contributed by atoms with Gasteiger partial charge in [-0.1, -0.05) is 11.6 Å². The third-order valence-corrected chi connectivity index (χ3v) is 3.01. The molecule has 0 saturated heterocycles. The van der Waals surface area contributed by atoms with E-state index in [4.69, 9.17) is 21.1 Å². The lowest BCUT2D eigenvalue weighted by Gasteiger charge is -2.22. The summed E-state index contributed by atoms with van der Waals surface area (Å²) < 4.78 is 10.8. The van der Waals surface area contributed by atoms with Gasteiger partial charge in [-0.3, -0.25) is 0 Å². The van der Waals surface area contributed by atoms with Gasteiger partial charge >= 0.3 is 0 Å². The summed E-state index contributed by atoms with van der Waals surface area (Å²) in [6, 6.07) is 5.49. The van der Waals surface area contributed by atoms with Crippen LogP contribution in [0.5, 0.6) is 5.75 Å². The summed E-state index contributed by atoms with van der Waals surface area (Å²) in [6.07, 6.45) is -0.635. The summed E-state index contributed by atoms with van der Waals surface area (Å²) in [5, 5.41) is 13.8. The third kappa shape index (κ3) is 7.67. The van der Waals surface area contributed by atoms with Gasteiger partial charge in [-0.05, 0) is 45.9 Å². The van der Waals surface area contributed by atoms with E-state index in [0.29, 0.717) is 18.2 Å². The quantitative estimate of drug-likeness (QED) is 0.774. The second kappa shape index (κ2) is 8.59. The molecule has 0 bridgehead atoms. The van der Waals surface area contributed by atoms with Crippen LogP contribution in [0.15, 0.2) is 18.2 Å². The van der Waals surface area contributed by atoms with E-state index in [2.05, 4.69) is 26.1 Å². The fourth-order valence-electron chi connectivity index (χ4n) is 1.68. The molecule has 0 radical (unpaired) electrons. The fourth-order valence-corrected chi connectivity index (χ4v) is 1.87. The van der Waals surface area contributed by atoms with Crippen LogP contribution >= 0.6 is 11.6 Å². The summed E-state index contributed by atoms with van der Waals surface area (Å²) >= 11 is 6.05. The van der Waals surface area contributed by atoms with Crippen LogP contribution in [0.4, 0.5) is 0 Å². The Hall–Kier alpha value is -0.810. The van der Waals surface area contributed by atoms with Crippen LogP contribution in [0, 0.1) is 0 Å². The average molecular weight is 316 g/mol. The summed E-state index contributed by atoms with van der Waals surface area (Å²) in [5.74, 6) is 0.728. The van der Waals surface area contributed by atoms with Gasteiger partial charge in [0.1, 0.15) is 18.5 Å². The molecule has 0 aromatic heterocycles. The van der Waals surface area contributed by atoms with Gasteiger partial charge in [-0.25, -0.2) is 0 Å². The molecule has 0 aliphatic rings. The number of halogens is 1. The van der Waals surface area contributed by atoms with Gasteiger partial charge in [-0.15, -0.1) is 0 Å². The number of aliphatic hydroxyl groups excluding tert-OH is 1. The molecular weight excluding hydrogens is 290 g/mol. The van der Waals surface area contributed by atoms with Crippen LogP contribution < -0.4 is 10.1 Å². The molecule has 5 heteroatoms. The highest BCUT2D eigenvalue weighted by molar-refractivity contribution is 6.30. The topological polar surface area (TPSA) is 50.7 Å². The van der Waals surface area contributed by atoms with E-state index in [0.717, 1.165) is 11.3 Å². The molecule has 4 nitrogen and oxygen atoms in total. The summed E-state index contributed by atoms with van der Waals surface area (Å²) in [6.45, 7) is 9.91. The number of aliphatic hydroxyl groups is 1. The van der Waals surface area contributed by atoms with E-state index in [1.54, 1.807) is 6.07 Å². The van der Waals surface area contributed by atoms with Gasteiger partial charge in [0.25, 0.3) is 0 Å². The van der Waals surface area contributed by atoms with Crippen molar-refractivity contribution in [1.82, 2.24) is 5.32 Å². The van der Waals surface area contributed by atoms with Crippen molar-refractivity contribution in [3.8, 4) is 5.75 Å². The largest absolute Gasteiger partial charge is 0.490 e. The fraction of sp³-hybridized carbons (Fsp3) is 0.625. The predicted molar refractivity (Wildman–Crippen MR) is 86.0 cm³/mol. The maximum Gasteiger partial charge on any atom is 0.124 e. The van der Waals surface area contributed by atoms with Crippen molar-refractivity contribution in [2.24, 2.45) is 0 Å². The molecule has 1 atom stereocenters. The number of nitrogens with one attached hydrogen (secondary N) is 1. The number of benzene rings is 1. The molecule has 21 heavy (non-hydrogen) atoms. The highest BCUT2D eigenvalue weighted by atomic mass is 35.5. The zero-order valence-electron chi connectivity index (χ0n) is 13.3. The molecule has 2 N–H and O–H groups in total. The van der Waals surface area contributed by atoms with Crippen LogP contribution in [0.3, 0.4) is 0 Å². The van der Waals surface area contributed by atoms with Crippen molar-refractivity contribution in [2.45, 2.75) is 45.9 Å². The Balaban J connectivity index is 2.64. The molecule has 1 aromatic rings. The normalized spacial score (nSPS) is 13.2. The van der Waals surface area contributed by atoms with Crippen LogP contribution in [-0.4, -0.2) is 36.6 Å². The Labute approximate surface area is 132 Å². The molecule has 1 rings (SSSR count). The predicted octanol–water partition coefficient (Wildman–Crippen LogP) is 3.00. The lowest BCUT2D eigenvalue weighted by atomic mass is 10.1. The van der Waals surface area contributed by atoms with Crippen molar-refractivity contribution < 1.29 is 14.6 Å². The average Bonchev–Trinajstić information content (AvgIpc) is 2.41. The summed E-state index contributed by atoms with van der Waals surface area (Å²) in [4.78, 5) is 0. The van der Waals surface area contributed by atoms with Crippen molar-refractivity contribution in [3.05, 3.63) is 28.8 Å². The third-order valence-electron chi connectivity index (χ3n) is 2.78. The molecule has 0 aliphatic carbocycles. The highest BCUT2D eigenvalue weighted by Crippen LogP contribution is 2.23. The number of ether oxygens (including phenoxy) is 2. The van der Waals surface area contributed by atoms with Crippen LogP contribution in [0.1, 0.15) is 33.3 Å². The Morgan fingerprint density at radius 1 is 1.29 bits per heavy atom. The number of rotatable bonds is 8. The lowest BCUT2D eigenvalue weighted by Crippen LogP contribution is -2.35. The Kier molecular flexibility index (Phi) is 7.46. The molecule has 120 valence electrons. The zero-order chi connectivity index (χ0) is 15.9. The number of hydrogen-bond acceptors (Lipinski definition) is 4. The maximum absolute atomic E-state index is 9.75. The monoisotopic (exact) mass is 315 g/mol. The first-order chi connectivity index (χ1) is 9.81. The van der Waals surface area contributed by atoms with Crippen LogP contribution in [-0.2, 0) is 11.3 Å². The Bertz CT molecular complexity index is 432. The van der Waals surface area contributed by atoms with E-state index in [9.17, 15) is 5.11 Å². The van der Waals surface area contributed by atoms with Gasteiger partial charge in [-0.2, -0.15) is 0 Å². The molecule has 0 heterocycles. The van der Waals surface area contributed by atoms with Gasteiger partial charge in [0.05, 0.1) is 6.61 Å².